The second kappa shape index (κ2) is 5.36. The van der Waals surface area contributed by atoms with E-state index in [1.54, 1.807) is 6.07 Å². The minimum absolute atomic E-state index is 0.0308. The van der Waals surface area contributed by atoms with Crippen LogP contribution in [0.15, 0.2) is 16.5 Å². The molecule has 2 heterocycles. The lowest BCUT2D eigenvalue weighted by Gasteiger charge is -2.14. The van der Waals surface area contributed by atoms with Gasteiger partial charge < -0.3 is 14.6 Å². The van der Waals surface area contributed by atoms with Crippen molar-refractivity contribution in [2.24, 2.45) is 5.92 Å². The van der Waals surface area contributed by atoms with Gasteiger partial charge in [0.15, 0.2) is 5.76 Å². The largest absolute Gasteiger partial charge is 0.456 e. The molecule has 1 aliphatic heterocycles. The molecular formula is C13H20N2O2. The van der Waals surface area contributed by atoms with Gasteiger partial charge in [0.2, 0.25) is 0 Å². The van der Waals surface area contributed by atoms with Gasteiger partial charge >= 0.3 is 0 Å². The van der Waals surface area contributed by atoms with Crippen LogP contribution >= 0.6 is 0 Å². The molecule has 1 aromatic rings. The van der Waals surface area contributed by atoms with E-state index in [9.17, 15) is 4.79 Å². The third-order valence-electron chi connectivity index (χ3n) is 3.29. The summed E-state index contributed by atoms with van der Waals surface area (Å²) in [6.45, 7) is 4.67. The number of likely N-dealkylation sites (tertiary alicyclic amines) is 1. The number of nitrogens with one attached hydrogen (secondary N) is 1. The summed E-state index contributed by atoms with van der Waals surface area (Å²) in [5.41, 5.74) is 0. The molecule has 94 valence electrons. The molecule has 1 aliphatic rings. The highest BCUT2D eigenvalue weighted by Crippen LogP contribution is 2.19. The number of nitrogens with zero attached hydrogens (tertiary/aromatic N) is 1. The first kappa shape index (κ1) is 12.2. The number of carbonyl (C=O) groups is 1. The molecule has 0 saturated carbocycles. The predicted molar refractivity (Wildman–Crippen MR) is 66.0 cm³/mol. The van der Waals surface area contributed by atoms with Gasteiger partial charge in [-0.05, 0) is 38.1 Å². The van der Waals surface area contributed by atoms with Crippen LogP contribution in [0, 0.1) is 5.92 Å². The number of amides is 1. The molecule has 0 radical (unpaired) electrons. The van der Waals surface area contributed by atoms with Gasteiger partial charge in [0.25, 0.3) is 5.91 Å². The van der Waals surface area contributed by atoms with E-state index in [0.29, 0.717) is 11.7 Å². The summed E-state index contributed by atoms with van der Waals surface area (Å²) >= 11 is 0. The van der Waals surface area contributed by atoms with E-state index >= 15 is 0 Å². The summed E-state index contributed by atoms with van der Waals surface area (Å²) in [5.74, 6) is 1.96. The molecule has 1 saturated heterocycles. The highest BCUT2D eigenvalue weighted by atomic mass is 16.4. The molecule has 1 atom stereocenters. The Bertz CT molecular complexity index is 387. The lowest BCUT2D eigenvalue weighted by atomic mass is 10.1. The smallest absolute Gasteiger partial charge is 0.289 e. The van der Waals surface area contributed by atoms with Crippen molar-refractivity contribution in [3.05, 3.63) is 23.7 Å². The van der Waals surface area contributed by atoms with Crippen LogP contribution in [0.2, 0.25) is 0 Å². The van der Waals surface area contributed by atoms with Gasteiger partial charge in [0.05, 0.1) is 0 Å². The molecule has 0 bridgehead atoms. The minimum atomic E-state index is 0.0308. The zero-order chi connectivity index (χ0) is 12.3. The maximum Gasteiger partial charge on any atom is 0.289 e. The number of furan rings is 1. The number of rotatable bonds is 4. The minimum Gasteiger partial charge on any atom is -0.456 e. The molecule has 0 unspecified atom stereocenters. The Balaban J connectivity index is 1.96. The maximum absolute atomic E-state index is 12.1. The fourth-order valence-corrected chi connectivity index (χ4v) is 2.31. The van der Waals surface area contributed by atoms with Gasteiger partial charge in [-0.15, -0.1) is 0 Å². The van der Waals surface area contributed by atoms with Crippen molar-refractivity contribution in [1.29, 1.82) is 0 Å². The van der Waals surface area contributed by atoms with Crippen LogP contribution in [0.4, 0.5) is 0 Å². The van der Waals surface area contributed by atoms with Crippen molar-refractivity contribution >= 4 is 5.91 Å². The van der Waals surface area contributed by atoms with Crippen LogP contribution in [-0.4, -0.2) is 37.5 Å². The number of hydrogen-bond acceptors (Lipinski definition) is 3. The van der Waals surface area contributed by atoms with Crippen molar-refractivity contribution in [2.75, 3.05) is 26.7 Å². The van der Waals surface area contributed by atoms with E-state index in [0.717, 1.165) is 38.2 Å². The quantitative estimate of drug-likeness (QED) is 0.862. The van der Waals surface area contributed by atoms with Crippen molar-refractivity contribution in [3.8, 4) is 0 Å². The highest BCUT2D eigenvalue weighted by Gasteiger charge is 2.27. The van der Waals surface area contributed by atoms with Crippen LogP contribution in [0.3, 0.4) is 0 Å². The summed E-state index contributed by atoms with van der Waals surface area (Å²) < 4.78 is 5.50. The summed E-state index contributed by atoms with van der Waals surface area (Å²) in [6.07, 6.45) is 1.91. The van der Waals surface area contributed by atoms with Gasteiger partial charge in [-0.25, -0.2) is 0 Å². The molecule has 17 heavy (non-hydrogen) atoms. The molecule has 2 rings (SSSR count). The molecule has 4 nitrogen and oxygen atoms in total. The average molecular weight is 236 g/mol. The zero-order valence-corrected chi connectivity index (χ0v) is 10.5. The van der Waals surface area contributed by atoms with E-state index < -0.39 is 0 Å². The molecule has 0 spiro atoms. The predicted octanol–water partition coefficient (Wildman–Crippen LogP) is 1.52. The Kier molecular flexibility index (Phi) is 3.84. The molecule has 1 aromatic heterocycles. The normalized spacial score (nSPS) is 19.9. The average Bonchev–Trinajstić information content (AvgIpc) is 2.97. The SMILES string of the molecule is CCc1ccc(C(=O)N2CC[C@@H](CNC)C2)o1. The molecule has 1 amide bonds. The standard InChI is InChI=1S/C13H20N2O2/c1-3-11-4-5-12(17-11)13(16)15-7-6-10(9-15)8-14-2/h4-5,10,14H,3,6-9H2,1-2H3/t10-/m0/s1. The first-order chi connectivity index (χ1) is 8.24. The lowest BCUT2D eigenvalue weighted by Crippen LogP contribution is -2.30. The topological polar surface area (TPSA) is 45.5 Å². The van der Waals surface area contributed by atoms with Crippen LogP contribution in [0.25, 0.3) is 0 Å². The Morgan fingerprint density at radius 1 is 1.59 bits per heavy atom. The first-order valence-corrected chi connectivity index (χ1v) is 6.27. The van der Waals surface area contributed by atoms with Gasteiger partial charge in [-0.3, -0.25) is 4.79 Å². The third kappa shape index (κ3) is 2.69. The Labute approximate surface area is 102 Å². The van der Waals surface area contributed by atoms with Crippen LogP contribution in [0.1, 0.15) is 29.7 Å². The maximum atomic E-state index is 12.1. The van der Waals surface area contributed by atoms with Gasteiger partial charge in [-0.1, -0.05) is 6.92 Å². The van der Waals surface area contributed by atoms with E-state index in [1.807, 2.05) is 24.9 Å². The Morgan fingerprint density at radius 3 is 3.06 bits per heavy atom. The van der Waals surface area contributed by atoms with E-state index in [-0.39, 0.29) is 5.91 Å². The fourth-order valence-electron chi connectivity index (χ4n) is 2.31. The summed E-state index contributed by atoms with van der Waals surface area (Å²) in [5, 5.41) is 3.16. The lowest BCUT2D eigenvalue weighted by molar-refractivity contribution is 0.0754. The number of aryl methyl sites for hydroxylation is 1. The van der Waals surface area contributed by atoms with Crippen LogP contribution in [-0.2, 0) is 6.42 Å². The molecule has 0 aromatic carbocycles. The van der Waals surface area contributed by atoms with Crippen molar-refractivity contribution in [2.45, 2.75) is 19.8 Å². The van der Waals surface area contributed by atoms with Crippen molar-refractivity contribution in [1.82, 2.24) is 10.2 Å². The molecule has 4 heteroatoms. The van der Waals surface area contributed by atoms with E-state index in [2.05, 4.69) is 5.32 Å². The summed E-state index contributed by atoms with van der Waals surface area (Å²) in [6, 6.07) is 3.67. The summed E-state index contributed by atoms with van der Waals surface area (Å²) in [7, 11) is 1.95. The zero-order valence-electron chi connectivity index (χ0n) is 10.5. The fraction of sp³-hybridized carbons (Fsp3) is 0.615. The second-order valence-corrected chi connectivity index (χ2v) is 4.58. The van der Waals surface area contributed by atoms with E-state index in [4.69, 9.17) is 4.42 Å². The van der Waals surface area contributed by atoms with E-state index in [1.165, 1.54) is 0 Å². The van der Waals surface area contributed by atoms with Crippen molar-refractivity contribution < 1.29 is 9.21 Å². The molecule has 0 aliphatic carbocycles. The molecule has 1 fully saturated rings. The van der Waals surface area contributed by atoms with Gasteiger partial charge in [-0.2, -0.15) is 0 Å². The number of carbonyl (C=O) groups excluding carboxylic acids is 1. The third-order valence-corrected chi connectivity index (χ3v) is 3.29. The Morgan fingerprint density at radius 2 is 2.41 bits per heavy atom. The Hall–Kier alpha value is -1.29. The van der Waals surface area contributed by atoms with Crippen LogP contribution in [0.5, 0.6) is 0 Å². The van der Waals surface area contributed by atoms with Crippen molar-refractivity contribution in [3.63, 3.8) is 0 Å². The van der Waals surface area contributed by atoms with Crippen LogP contribution < -0.4 is 5.32 Å². The first-order valence-electron chi connectivity index (χ1n) is 6.27. The monoisotopic (exact) mass is 236 g/mol. The molecule has 1 N–H and O–H groups in total. The highest BCUT2D eigenvalue weighted by molar-refractivity contribution is 5.91. The molecular weight excluding hydrogens is 216 g/mol. The number of hydrogen-bond donors (Lipinski definition) is 1. The van der Waals surface area contributed by atoms with Gasteiger partial charge in [0, 0.05) is 19.5 Å². The second-order valence-electron chi connectivity index (χ2n) is 4.58. The van der Waals surface area contributed by atoms with Gasteiger partial charge in [0.1, 0.15) is 5.76 Å². The summed E-state index contributed by atoms with van der Waals surface area (Å²) in [4.78, 5) is 14.0.